The minimum absolute atomic E-state index is 0.0984. The van der Waals surface area contributed by atoms with Gasteiger partial charge in [-0.2, -0.15) is 0 Å². The van der Waals surface area contributed by atoms with Gasteiger partial charge in [0, 0.05) is 37.0 Å². The summed E-state index contributed by atoms with van der Waals surface area (Å²) in [5.41, 5.74) is 4.61. The molecule has 0 saturated heterocycles. The molecule has 1 heterocycles. The van der Waals surface area contributed by atoms with Crippen LogP contribution in [0, 0.1) is 11.6 Å². The highest BCUT2D eigenvalue weighted by Crippen LogP contribution is 2.31. The number of fused-ring (bicyclic) bond motifs is 1. The molecule has 0 radical (unpaired) electrons. The number of aryl methyl sites for hydroxylation is 1. The highest BCUT2D eigenvalue weighted by molar-refractivity contribution is 5.67. The molecule has 0 atom stereocenters. The van der Waals surface area contributed by atoms with Gasteiger partial charge in [0.25, 0.3) is 0 Å². The largest absolute Gasteiger partial charge is 0.493 e. The number of rotatable bonds is 11. The number of halogens is 2. The molecule has 1 aliphatic heterocycles. The Bertz CT molecular complexity index is 1220. The summed E-state index contributed by atoms with van der Waals surface area (Å²) in [5.74, 6) is -0.840. The van der Waals surface area contributed by atoms with Crippen LogP contribution in [-0.4, -0.2) is 37.9 Å². The van der Waals surface area contributed by atoms with Crippen molar-refractivity contribution in [2.24, 2.45) is 0 Å². The van der Waals surface area contributed by atoms with E-state index in [0.717, 1.165) is 30.6 Å². The van der Waals surface area contributed by atoms with Gasteiger partial charge in [-0.05, 0) is 66.3 Å². The third kappa shape index (κ3) is 6.24. The lowest BCUT2D eigenvalue weighted by Crippen LogP contribution is -2.33. The predicted molar refractivity (Wildman–Crippen MR) is 135 cm³/mol. The van der Waals surface area contributed by atoms with E-state index >= 15 is 0 Å². The van der Waals surface area contributed by atoms with Crippen LogP contribution >= 0.6 is 0 Å². The predicted octanol–water partition coefficient (Wildman–Crippen LogP) is 5.43. The fourth-order valence-corrected chi connectivity index (χ4v) is 4.50. The molecule has 0 saturated carbocycles. The average molecular weight is 497 g/mol. The molecular weight excluding hydrogens is 466 g/mol. The second-order valence-electron chi connectivity index (χ2n) is 8.70. The van der Waals surface area contributed by atoms with Crippen molar-refractivity contribution >= 4 is 17.3 Å². The fourth-order valence-electron chi connectivity index (χ4n) is 4.50. The number of nitrogens with one attached hydrogen (secondary N) is 1. The molecule has 36 heavy (non-hydrogen) atoms. The van der Waals surface area contributed by atoms with Crippen LogP contribution in [-0.2, 0) is 24.2 Å². The van der Waals surface area contributed by atoms with E-state index in [9.17, 15) is 13.6 Å². The topological polar surface area (TPSA) is 71.0 Å². The molecule has 1 aliphatic rings. The lowest BCUT2D eigenvalue weighted by Gasteiger charge is -2.32. The van der Waals surface area contributed by atoms with Crippen molar-refractivity contribution < 1.29 is 28.2 Å². The van der Waals surface area contributed by atoms with E-state index in [1.165, 1.54) is 30.9 Å². The number of carbonyl (C=O) groups is 1. The smallest absolute Gasteiger partial charge is 0.303 e. The van der Waals surface area contributed by atoms with Gasteiger partial charge in [-0.25, -0.2) is 8.78 Å². The van der Waals surface area contributed by atoms with Gasteiger partial charge in [-0.1, -0.05) is 18.2 Å². The van der Waals surface area contributed by atoms with Crippen LogP contribution in [0.3, 0.4) is 0 Å². The van der Waals surface area contributed by atoms with Gasteiger partial charge in [-0.3, -0.25) is 4.79 Å². The van der Waals surface area contributed by atoms with E-state index in [0.29, 0.717) is 42.4 Å². The van der Waals surface area contributed by atoms with Crippen molar-refractivity contribution in [3.8, 4) is 11.5 Å². The van der Waals surface area contributed by atoms with Crippen LogP contribution in [0.15, 0.2) is 54.6 Å². The van der Waals surface area contributed by atoms with Crippen LogP contribution in [0.1, 0.15) is 29.5 Å². The Balaban J connectivity index is 1.38. The average Bonchev–Trinajstić information content (AvgIpc) is 2.87. The Morgan fingerprint density at radius 1 is 1.08 bits per heavy atom. The molecule has 0 amide bonds. The molecule has 0 spiro atoms. The molecule has 0 fully saturated rings. The first-order chi connectivity index (χ1) is 17.4. The Hall–Kier alpha value is -3.81. The van der Waals surface area contributed by atoms with Gasteiger partial charge < -0.3 is 24.8 Å². The maximum absolute atomic E-state index is 14.4. The number of anilines is 2. The molecule has 3 aromatic rings. The van der Waals surface area contributed by atoms with E-state index in [1.54, 1.807) is 18.2 Å². The maximum Gasteiger partial charge on any atom is 0.303 e. The number of hydrogen-bond acceptors (Lipinski definition) is 5. The first-order valence-corrected chi connectivity index (χ1v) is 12.0. The summed E-state index contributed by atoms with van der Waals surface area (Å²) in [6.45, 7) is 2.57. The second-order valence-corrected chi connectivity index (χ2v) is 8.70. The zero-order chi connectivity index (χ0) is 25.5. The minimum atomic E-state index is -0.943. The Kier molecular flexibility index (Phi) is 8.25. The van der Waals surface area contributed by atoms with Crippen molar-refractivity contribution in [3.63, 3.8) is 0 Å². The van der Waals surface area contributed by atoms with Gasteiger partial charge in [0.2, 0.25) is 0 Å². The summed E-state index contributed by atoms with van der Waals surface area (Å²) in [5, 5.41) is 12.1. The van der Waals surface area contributed by atoms with Gasteiger partial charge in [-0.15, -0.1) is 0 Å². The Labute approximate surface area is 209 Å². The lowest BCUT2D eigenvalue weighted by atomic mass is 9.96. The zero-order valence-corrected chi connectivity index (χ0v) is 20.2. The van der Waals surface area contributed by atoms with E-state index in [2.05, 4.69) is 22.3 Å². The van der Waals surface area contributed by atoms with Crippen LogP contribution in [0.2, 0.25) is 0 Å². The van der Waals surface area contributed by atoms with E-state index < -0.39 is 11.8 Å². The number of benzene rings is 3. The first kappa shape index (κ1) is 25.3. The van der Waals surface area contributed by atoms with Crippen LogP contribution in [0.4, 0.5) is 20.2 Å². The monoisotopic (exact) mass is 496 g/mol. The second kappa shape index (κ2) is 11.7. The number of carboxylic acid groups (broad SMARTS) is 1. The third-order valence-electron chi connectivity index (χ3n) is 6.33. The Morgan fingerprint density at radius 3 is 2.72 bits per heavy atom. The van der Waals surface area contributed by atoms with Gasteiger partial charge in [0.1, 0.15) is 18.2 Å². The molecule has 4 rings (SSSR count). The third-order valence-corrected chi connectivity index (χ3v) is 6.33. The molecular formula is C28H30F2N2O4. The van der Waals surface area contributed by atoms with Crippen molar-refractivity contribution in [3.05, 3.63) is 82.9 Å². The number of ether oxygens (including phenoxy) is 2. The van der Waals surface area contributed by atoms with E-state index in [1.807, 2.05) is 6.07 Å². The van der Waals surface area contributed by atoms with Crippen LogP contribution in [0.5, 0.6) is 11.5 Å². The van der Waals surface area contributed by atoms with Crippen molar-refractivity contribution in [1.29, 1.82) is 0 Å². The number of methoxy groups -OCH3 is 1. The zero-order valence-electron chi connectivity index (χ0n) is 20.2. The molecule has 190 valence electrons. The van der Waals surface area contributed by atoms with E-state index in [-0.39, 0.29) is 18.7 Å². The molecule has 3 aromatic carbocycles. The summed E-state index contributed by atoms with van der Waals surface area (Å²) in [4.78, 5) is 13.0. The fraction of sp³-hybridized carbons (Fsp3) is 0.321. The molecule has 6 nitrogen and oxygen atoms in total. The van der Waals surface area contributed by atoms with Gasteiger partial charge in [0.15, 0.2) is 11.5 Å². The summed E-state index contributed by atoms with van der Waals surface area (Å²) in [7, 11) is 1.49. The van der Waals surface area contributed by atoms with Crippen LogP contribution in [0.25, 0.3) is 0 Å². The lowest BCUT2D eigenvalue weighted by molar-refractivity contribution is -0.136. The molecule has 2 N–H and O–H groups in total. The molecule has 0 aliphatic carbocycles. The quantitative estimate of drug-likeness (QED) is 0.369. The summed E-state index contributed by atoms with van der Waals surface area (Å²) in [6, 6.07) is 15.3. The summed E-state index contributed by atoms with van der Waals surface area (Å²) >= 11 is 0. The van der Waals surface area contributed by atoms with Gasteiger partial charge in [0.05, 0.1) is 13.7 Å². The molecule has 0 unspecified atom stereocenters. The van der Waals surface area contributed by atoms with Gasteiger partial charge >= 0.3 is 5.97 Å². The standard InChI is InChI=1S/C28H30F2N2O4/c1-35-27-16-21(29)9-11-26(27)36-15-14-32-13-3-5-23-20(4-2-6-25(23)32)18-31-22-10-7-19(24(30)17-22)8-12-28(33)34/h2,4,6-7,9-11,16-17,31H,3,5,8,12-15,18H2,1H3,(H,33,34). The highest BCUT2D eigenvalue weighted by atomic mass is 19.1. The SMILES string of the molecule is COc1cc(F)ccc1OCCN1CCCc2c(CNc3ccc(CCC(=O)O)c(F)c3)cccc21. The number of nitrogens with zero attached hydrogens (tertiary/aromatic N) is 1. The maximum atomic E-state index is 14.4. The number of aliphatic carboxylic acids is 1. The molecule has 0 bridgehead atoms. The van der Waals surface area contributed by atoms with Crippen molar-refractivity contribution in [1.82, 2.24) is 0 Å². The Morgan fingerprint density at radius 2 is 1.94 bits per heavy atom. The number of carboxylic acids is 1. The summed E-state index contributed by atoms with van der Waals surface area (Å²) < 4.78 is 38.9. The van der Waals surface area contributed by atoms with Crippen molar-refractivity contribution in [2.45, 2.75) is 32.2 Å². The molecule has 8 heteroatoms. The molecule has 0 aromatic heterocycles. The highest BCUT2D eigenvalue weighted by Gasteiger charge is 2.19. The minimum Gasteiger partial charge on any atom is -0.493 e. The summed E-state index contributed by atoms with van der Waals surface area (Å²) in [6.07, 6.45) is 2.04. The number of hydrogen-bond donors (Lipinski definition) is 2. The normalized spacial score (nSPS) is 12.7. The van der Waals surface area contributed by atoms with E-state index in [4.69, 9.17) is 14.6 Å². The van der Waals surface area contributed by atoms with Crippen LogP contribution < -0.4 is 19.7 Å². The van der Waals surface area contributed by atoms with Crippen molar-refractivity contribution in [2.75, 3.05) is 37.0 Å². The first-order valence-electron chi connectivity index (χ1n) is 12.0.